The molecule has 1 saturated heterocycles. The molecule has 1 aliphatic heterocycles. The number of nitrogens with zero attached hydrogens (tertiary/aromatic N) is 2. The lowest BCUT2D eigenvalue weighted by Gasteiger charge is -2.25. The second-order valence-electron chi connectivity index (χ2n) is 7.71. The third-order valence-electron chi connectivity index (χ3n) is 5.41. The van der Waals surface area contributed by atoms with Gasteiger partial charge in [-0.15, -0.1) is 0 Å². The largest absolute Gasteiger partial charge is 0.507 e. The van der Waals surface area contributed by atoms with Crippen molar-refractivity contribution in [1.29, 1.82) is 0 Å². The molecule has 1 aromatic heterocycles. The number of benzene rings is 2. The average molecular weight is 446 g/mol. The molecule has 2 aromatic carbocycles. The van der Waals surface area contributed by atoms with E-state index in [1.165, 1.54) is 17.0 Å². The third-order valence-corrected chi connectivity index (χ3v) is 5.41. The van der Waals surface area contributed by atoms with Crippen molar-refractivity contribution in [3.05, 3.63) is 101 Å². The van der Waals surface area contributed by atoms with E-state index in [1.54, 1.807) is 60.9 Å². The third kappa shape index (κ3) is 4.62. The first-order chi connectivity index (χ1) is 16.0. The van der Waals surface area contributed by atoms with Gasteiger partial charge in [0, 0.05) is 24.5 Å². The van der Waals surface area contributed by atoms with Gasteiger partial charge in [0.25, 0.3) is 11.7 Å². The number of carbonyl (C=O) groups is 2. The van der Waals surface area contributed by atoms with Crippen molar-refractivity contribution in [2.75, 3.05) is 6.61 Å². The Hall–Kier alpha value is -4.00. The number of likely N-dealkylation sites (tertiary alicyclic amines) is 1. The van der Waals surface area contributed by atoms with Crippen LogP contribution in [0.2, 0.25) is 0 Å². The van der Waals surface area contributed by atoms with E-state index in [4.69, 9.17) is 4.74 Å². The van der Waals surface area contributed by atoms with Crippen molar-refractivity contribution in [2.45, 2.75) is 25.9 Å². The van der Waals surface area contributed by atoms with Crippen molar-refractivity contribution < 1.29 is 23.8 Å². The number of aromatic nitrogens is 1. The molecule has 1 N–H and O–H groups in total. The quantitative estimate of drug-likeness (QED) is 0.325. The zero-order valence-corrected chi connectivity index (χ0v) is 18.1. The molecule has 3 aromatic rings. The zero-order valence-electron chi connectivity index (χ0n) is 18.1. The number of aliphatic hydroxyl groups excluding tert-OH is 1. The number of hydrogen-bond donors (Lipinski definition) is 1. The van der Waals surface area contributed by atoms with Gasteiger partial charge in [0.05, 0.1) is 18.2 Å². The van der Waals surface area contributed by atoms with E-state index in [1.807, 2.05) is 6.92 Å². The summed E-state index contributed by atoms with van der Waals surface area (Å²) in [6.45, 7) is 2.65. The van der Waals surface area contributed by atoms with Gasteiger partial charge in [0.1, 0.15) is 17.3 Å². The molecular formula is C26H23FN2O4. The molecule has 1 atom stereocenters. The van der Waals surface area contributed by atoms with Crippen LogP contribution in [-0.2, 0) is 16.1 Å². The first kappa shape index (κ1) is 22.2. The molecule has 1 fully saturated rings. The van der Waals surface area contributed by atoms with Gasteiger partial charge in [0.2, 0.25) is 0 Å². The Morgan fingerprint density at radius 2 is 1.82 bits per heavy atom. The molecule has 1 unspecified atom stereocenters. The first-order valence-electron chi connectivity index (χ1n) is 10.7. The van der Waals surface area contributed by atoms with Crippen LogP contribution in [0.1, 0.15) is 36.1 Å². The highest BCUT2D eigenvalue weighted by Gasteiger charge is 2.46. The van der Waals surface area contributed by atoms with Gasteiger partial charge in [-0.3, -0.25) is 14.6 Å². The maximum Gasteiger partial charge on any atom is 0.295 e. The predicted molar refractivity (Wildman–Crippen MR) is 121 cm³/mol. The normalized spacial score (nSPS) is 17.4. The summed E-state index contributed by atoms with van der Waals surface area (Å²) < 4.78 is 18.9. The van der Waals surface area contributed by atoms with Gasteiger partial charge in [-0.05, 0) is 60.0 Å². The van der Waals surface area contributed by atoms with E-state index < -0.39 is 23.5 Å². The molecule has 0 spiro atoms. The summed E-state index contributed by atoms with van der Waals surface area (Å²) >= 11 is 0. The van der Waals surface area contributed by atoms with Crippen LogP contribution in [0.5, 0.6) is 5.75 Å². The molecule has 1 aliphatic rings. The number of hydrogen-bond acceptors (Lipinski definition) is 5. The summed E-state index contributed by atoms with van der Waals surface area (Å²) in [6, 6.07) is 15.0. The van der Waals surface area contributed by atoms with Gasteiger partial charge in [-0.2, -0.15) is 0 Å². The molecule has 7 heteroatoms. The van der Waals surface area contributed by atoms with Crippen LogP contribution in [0.25, 0.3) is 5.76 Å². The molecule has 6 nitrogen and oxygen atoms in total. The number of ether oxygens (including phenoxy) is 1. The summed E-state index contributed by atoms with van der Waals surface area (Å²) in [5.41, 5.74) is 1.62. The van der Waals surface area contributed by atoms with E-state index in [9.17, 15) is 19.1 Å². The summed E-state index contributed by atoms with van der Waals surface area (Å²) in [4.78, 5) is 31.5. The van der Waals surface area contributed by atoms with E-state index in [-0.39, 0.29) is 17.9 Å². The SMILES string of the molecule is CCCOc1ccc(/C(O)=C2/C(=O)C(=O)N(Cc3ccc(F)cc3)C2c2cccnc2)cc1. The van der Waals surface area contributed by atoms with Gasteiger partial charge in [-0.25, -0.2) is 4.39 Å². The van der Waals surface area contributed by atoms with Crippen LogP contribution in [0.4, 0.5) is 4.39 Å². The zero-order chi connectivity index (χ0) is 23.4. The molecule has 1 amide bonds. The van der Waals surface area contributed by atoms with Crippen molar-refractivity contribution in [3.8, 4) is 5.75 Å². The Kier molecular flexibility index (Phi) is 6.49. The minimum atomic E-state index is -0.834. The summed E-state index contributed by atoms with van der Waals surface area (Å²) in [6.07, 6.45) is 4.01. The van der Waals surface area contributed by atoms with Crippen LogP contribution in [0.15, 0.2) is 78.6 Å². The molecule has 0 radical (unpaired) electrons. The highest BCUT2D eigenvalue weighted by Crippen LogP contribution is 2.40. The molecule has 4 rings (SSSR count). The van der Waals surface area contributed by atoms with Crippen LogP contribution < -0.4 is 4.74 Å². The summed E-state index contributed by atoms with van der Waals surface area (Å²) in [5.74, 6) is -1.54. The Morgan fingerprint density at radius 1 is 1.09 bits per heavy atom. The number of ketones is 1. The van der Waals surface area contributed by atoms with E-state index in [0.29, 0.717) is 29.0 Å². The van der Waals surface area contributed by atoms with Crippen LogP contribution >= 0.6 is 0 Å². The second-order valence-corrected chi connectivity index (χ2v) is 7.71. The molecule has 2 heterocycles. The maximum atomic E-state index is 13.3. The number of halogens is 1. The first-order valence-corrected chi connectivity index (χ1v) is 10.7. The number of amides is 1. The molecule has 168 valence electrons. The highest BCUT2D eigenvalue weighted by molar-refractivity contribution is 6.46. The van der Waals surface area contributed by atoms with Crippen molar-refractivity contribution in [1.82, 2.24) is 9.88 Å². The second kappa shape index (κ2) is 9.65. The van der Waals surface area contributed by atoms with Gasteiger partial charge >= 0.3 is 0 Å². The number of pyridine rings is 1. The number of Topliss-reactive ketones (excluding diaryl/α,β-unsaturated/α-hetero) is 1. The van der Waals surface area contributed by atoms with Crippen LogP contribution in [0, 0.1) is 5.82 Å². The maximum absolute atomic E-state index is 13.3. The molecule has 0 bridgehead atoms. The standard InChI is InChI=1S/C26H23FN2O4/c1-2-14-33-21-11-7-18(8-12-21)24(30)22-23(19-4-3-13-28-15-19)29(26(32)25(22)31)16-17-5-9-20(27)10-6-17/h3-13,15,23,30H,2,14,16H2,1H3/b24-22-. The Balaban J connectivity index is 1.76. The van der Waals surface area contributed by atoms with Crippen LogP contribution in [-0.4, -0.2) is 33.3 Å². The van der Waals surface area contributed by atoms with Gasteiger partial charge in [0.15, 0.2) is 0 Å². The lowest BCUT2D eigenvalue weighted by Crippen LogP contribution is -2.29. The number of aliphatic hydroxyl groups is 1. The molecular weight excluding hydrogens is 423 g/mol. The monoisotopic (exact) mass is 446 g/mol. The van der Waals surface area contributed by atoms with E-state index >= 15 is 0 Å². The smallest absolute Gasteiger partial charge is 0.295 e. The fraction of sp³-hybridized carbons (Fsp3) is 0.192. The van der Waals surface area contributed by atoms with Gasteiger partial charge < -0.3 is 14.7 Å². The summed E-state index contributed by atoms with van der Waals surface area (Å²) in [5, 5.41) is 11.1. The minimum Gasteiger partial charge on any atom is -0.507 e. The average Bonchev–Trinajstić information content (AvgIpc) is 3.09. The Morgan fingerprint density at radius 3 is 2.45 bits per heavy atom. The van der Waals surface area contributed by atoms with Crippen LogP contribution in [0.3, 0.4) is 0 Å². The topological polar surface area (TPSA) is 79.7 Å². The van der Waals surface area contributed by atoms with E-state index in [2.05, 4.69) is 4.98 Å². The highest BCUT2D eigenvalue weighted by atomic mass is 19.1. The Labute approximate surface area is 191 Å². The number of rotatable bonds is 7. The summed E-state index contributed by atoms with van der Waals surface area (Å²) in [7, 11) is 0. The molecule has 33 heavy (non-hydrogen) atoms. The minimum absolute atomic E-state index is 0.0164. The van der Waals surface area contributed by atoms with Crippen molar-refractivity contribution >= 4 is 17.4 Å². The number of carbonyl (C=O) groups excluding carboxylic acids is 2. The van der Waals surface area contributed by atoms with E-state index in [0.717, 1.165) is 6.42 Å². The lowest BCUT2D eigenvalue weighted by atomic mass is 9.96. The fourth-order valence-electron chi connectivity index (χ4n) is 3.80. The lowest BCUT2D eigenvalue weighted by molar-refractivity contribution is -0.140. The molecule has 0 aliphatic carbocycles. The Bertz CT molecular complexity index is 1180. The van der Waals surface area contributed by atoms with Crippen molar-refractivity contribution in [3.63, 3.8) is 0 Å². The van der Waals surface area contributed by atoms with Crippen molar-refractivity contribution in [2.24, 2.45) is 0 Å². The fourth-order valence-corrected chi connectivity index (χ4v) is 3.80. The predicted octanol–water partition coefficient (Wildman–Crippen LogP) is 4.63. The molecule has 0 saturated carbocycles. The van der Waals surface area contributed by atoms with Gasteiger partial charge in [-0.1, -0.05) is 25.1 Å².